The summed E-state index contributed by atoms with van der Waals surface area (Å²) < 4.78 is 17.7. The van der Waals surface area contributed by atoms with Crippen LogP contribution in [0.3, 0.4) is 0 Å². The van der Waals surface area contributed by atoms with E-state index in [-0.39, 0.29) is 23.1 Å². The summed E-state index contributed by atoms with van der Waals surface area (Å²) in [6.07, 6.45) is 8.11. The molecule has 168 valence electrons. The summed E-state index contributed by atoms with van der Waals surface area (Å²) in [5, 5.41) is 0. The van der Waals surface area contributed by atoms with E-state index in [0.717, 1.165) is 73.8 Å². The van der Waals surface area contributed by atoms with Crippen LogP contribution in [0.5, 0.6) is 0 Å². The largest absolute Gasteiger partial charge is 0.331 e. The molecule has 0 atom stereocenters. The van der Waals surface area contributed by atoms with Crippen molar-refractivity contribution < 1.29 is 4.39 Å². The Bertz CT molecular complexity index is 1030. The Balaban J connectivity index is 1.40. The van der Waals surface area contributed by atoms with Crippen molar-refractivity contribution >= 4 is 15.9 Å². The van der Waals surface area contributed by atoms with Gasteiger partial charge in [0.1, 0.15) is 5.82 Å². The lowest BCUT2D eigenvalue weighted by Crippen LogP contribution is -2.44. The molecule has 1 saturated carbocycles. The first-order valence-electron chi connectivity index (χ1n) is 11.4. The predicted molar refractivity (Wildman–Crippen MR) is 124 cm³/mol. The van der Waals surface area contributed by atoms with Crippen LogP contribution in [-0.2, 0) is 20.0 Å². The molecule has 2 fully saturated rings. The summed E-state index contributed by atoms with van der Waals surface area (Å²) >= 11 is 3.53. The van der Waals surface area contributed by atoms with Crippen LogP contribution in [0.15, 0.2) is 38.3 Å². The van der Waals surface area contributed by atoms with Crippen molar-refractivity contribution in [2.24, 2.45) is 13.0 Å². The molecule has 0 radical (unpaired) electrons. The van der Waals surface area contributed by atoms with E-state index >= 15 is 0 Å². The zero-order valence-corrected chi connectivity index (χ0v) is 19.7. The van der Waals surface area contributed by atoms with E-state index in [9.17, 15) is 14.0 Å². The van der Waals surface area contributed by atoms with Gasteiger partial charge in [0.25, 0.3) is 5.56 Å². The van der Waals surface area contributed by atoms with E-state index in [1.807, 2.05) is 0 Å². The van der Waals surface area contributed by atoms with Crippen molar-refractivity contribution in [1.82, 2.24) is 14.0 Å². The van der Waals surface area contributed by atoms with Gasteiger partial charge in [0, 0.05) is 35.9 Å². The second-order valence-corrected chi connectivity index (χ2v) is 9.99. The van der Waals surface area contributed by atoms with Gasteiger partial charge in [-0.25, -0.2) is 9.18 Å². The zero-order chi connectivity index (χ0) is 22.0. The van der Waals surface area contributed by atoms with Crippen LogP contribution in [0.1, 0.15) is 62.2 Å². The lowest BCUT2D eigenvalue weighted by atomic mass is 9.90. The average molecular weight is 492 g/mol. The van der Waals surface area contributed by atoms with Gasteiger partial charge in [-0.1, -0.05) is 35.2 Å². The molecule has 1 aromatic carbocycles. The summed E-state index contributed by atoms with van der Waals surface area (Å²) in [4.78, 5) is 28.0. The molecule has 0 spiro atoms. The van der Waals surface area contributed by atoms with Gasteiger partial charge >= 0.3 is 5.69 Å². The molecule has 1 aliphatic carbocycles. The molecular weight excluding hydrogens is 461 g/mol. The maximum absolute atomic E-state index is 13.6. The van der Waals surface area contributed by atoms with Gasteiger partial charge < -0.3 is 0 Å². The molecule has 5 nitrogen and oxygen atoms in total. The number of aromatic nitrogens is 2. The maximum atomic E-state index is 13.6. The predicted octanol–water partition coefficient (Wildman–Crippen LogP) is 4.41. The highest BCUT2D eigenvalue weighted by molar-refractivity contribution is 9.10. The van der Waals surface area contributed by atoms with Crippen molar-refractivity contribution in [1.29, 1.82) is 0 Å². The molecule has 1 aliphatic heterocycles. The second-order valence-electron chi connectivity index (χ2n) is 9.14. The lowest BCUT2D eigenvalue weighted by molar-refractivity contribution is 0.172. The highest BCUT2D eigenvalue weighted by Gasteiger charge is 2.23. The van der Waals surface area contributed by atoms with Crippen molar-refractivity contribution in [2.75, 3.05) is 13.1 Å². The number of rotatable bonds is 5. The number of piperidine rings is 1. The molecule has 2 aliphatic rings. The quantitative estimate of drug-likeness (QED) is 0.622. The minimum absolute atomic E-state index is 0.0480. The molecule has 2 heterocycles. The Morgan fingerprint density at radius 2 is 1.74 bits per heavy atom. The molecule has 1 saturated heterocycles. The average Bonchev–Trinajstić information content (AvgIpc) is 2.76. The van der Waals surface area contributed by atoms with Gasteiger partial charge in [0.2, 0.25) is 0 Å². The van der Waals surface area contributed by atoms with Gasteiger partial charge in [-0.15, -0.1) is 0 Å². The van der Waals surface area contributed by atoms with Gasteiger partial charge in [0.15, 0.2) is 0 Å². The van der Waals surface area contributed by atoms with Crippen LogP contribution in [0, 0.1) is 11.7 Å². The molecule has 0 bridgehead atoms. The van der Waals surface area contributed by atoms with Crippen molar-refractivity contribution in [3.05, 3.63) is 66.7 Å². The lowest BCUT2D eigenvalue weighted by Gasteiger charge is -2.32. The van der Waals surface area contributed by atoms with Crippen molar-refractivity contribution in [3.63, 3.8) is 0 Å². The fraction of sp³-hybridized carbons (Fsp3) is 0.583. The van der Waals surface area contributed by atoms with E-state index in [4.69, 9.17) is 0 Å². The highest BCUT2D eigenvalue weighted by atomic mass is 79.9. The van der Waals surface area contributed by atoms with Gasteiger partial charge in [-0.2, -0.15) is 0 Å². The molecule has 2 aromatic rings. The Morgan fingerprint density at radius 3 is 2.45 bits per heavy atom. The highest BCUT2D eigenvalue weighted by Crippen LogP contribution is 2.28. The van der Waals surface area contributed by atoms with Gasteiger partial charge in [-0.05, 0) is 74.9 Å². The molecular formula is C24H31BrFN3O2. The molecule has 1 aromatic heterocycles. The number of likely N-dealkylation sites (tertiary alicyclic amines) is 1. The van der Waals surface area contributed by atoms with E-state index in [1.54, 1.807) is 29.8 Å². The smallest absolute Gasteiger partial charge is 0.299 e. The van der Waals surface area contributed by atoms with E-state index in [1.165, 1.54) is 17.1 Å². The Morgan fingerprint density at radius 1 is 1.03 bits per heavy atom. The van der Waals surface area contributed by atoms with E-state index < -0.39 is 0 Å². The third-order valence-electron chi connectivity index (χ3n) is 7.00. The van der Waals surface area contributed by atoms with Gasteiger partial charge in [0.05, 0.1) is 0 Å². The molecule has 4 rings (SSSR count). The first-order valence-corrected chi connectivity index (χ1v) is 12.2. The summed E-state index contributed by atoms with van der Waals surface area (Å²) in [6, 6.07) is 6.57. The minimum Gasteiger partial charge on any atom is -0.299 e. The van der Waals surface area contributed by atoms with E-state index in [2.05, 4.69) is 20.8 Å². The van der Waals surface area contributed by atoms with Crippen LogP contribution < -0.4 is 11.2 Å². The van der Waals surface area contributed by atoms with Crippen molar-refractivity contribution in [3.8, 4) is 0 Å². The Labute approximate surface area is 191 Å². The molecule has 0 unspecified atom stereocenters. The standard InChI is InChI=1S/C24H31BrFN3O2/c1-27-21(15-23(30)29(24(27)31)20-5-3-2-4-6-20)16-28-11-9-17(10-12-28)13-18-14-19(26)7-8-22(18)25/h7-8,14-15,17,20H,2-6,9-13,16H2,1H3. The molecule has 0 N–H and O–H groups in total. The molecule has 31 heavy (non-hydrogen) atoms. The zero-order valence-electron chi connectivity index (χ0n) is 18.2. The summed E-state index contributed by atoms with van der Waals surface area (Å²) in [5.74, 6) is 0.317. The first-order chi connectivity index (χ1) is 14.9. The monoisotopic (exact) mass is 491 g/mol. The number of benzene rings is 1. The fourth-order valence-electron chi connectivity index (χ4n) is 5.10. The van der Waals surface area contributed by atoms with E-state index in [0.29, 0.717) is 12.5 Å². The maximum Gasteiger partial charge on any atom is 0.331 e. The number of halogens is 2. The third kappa shape index (κ3) is 5.20. The number of nitrogens with zero attached hydrogens (tertiary/aromatic N) is 3. The molecule has 7 heteroatoms. The Kier molecular flexibility index (Phi) is 7.12. The first kappa shape index (κ1) is 22.5. The van der Waals surface area contributed by atoms with Gasteiger partial charge in [-0.3, -0.25) is 18.8 Å². The molecule has 0 amide bonds. The summed E-state index contributed by atoms with van der Waals surface area (Å²) in [6.45, 7) is 2.44. The third-order valence-corrected chi connectivity index (χ3v) is 7.77. The summed E-state index contributed by atoms with van der Waals surface area (Å²) in [7, 11) is 1.78. The SMILES string of the molecule is Cn1c(CN2CCC(Cc3cc(F)ccc3Br)CC2)cc(=O)n(C2CCCCC2)c1=O. The van der Waals surface area contributed by atoms with Crippen molar-refractivity contribution in [2.45, 2.75) is 64.0 Å². The van der Waals surface area contributed by atoms with Crippen LogP contribution in [0.25, 0.3) is 0 Å². The Hall–Kier alpha value is -1.73. The summed E-state index contributed by atoms with van der Waals surface area (Å²) in [5.41, 5.74) is 1.47. The fourth-order valence-corrected chi connectivity index (χ4v) is 5.51. The van der Waals surface area contributed by atoms with Crippen LogP contribution in [-0.4, -0.2) is 27.1 Å². The second kappa shape index (κ2) is 9.82. The minimum atomic E-state index is -0.195. The topological polar surface area (TPSA) is 47.2 Å². The van der Waals surface area contributed by atoms with Crippen LogP contribution >= 0.6 is 15.9 Å². The normalized spacial score (nSPS) is 19.1. The van der Waals surface area contributed by atoms with Crippen LogP contribution in [0.2, 0.25) is 0 Å². The number of hydrogen-bond acceptors (Lipinski definition) is 3. The number of hydrogen-bond donors (Lipinski definition) is 0. The van der Waals surface area contributed by atoms with Crippen LogP contribution in [0.4, 0.5) is 4.39 Å².